The molecule has 6 heteroatoms. The number of nitrogens with one attached hydrogen (secondary N) is 2. The molecule has 0 aliphatic carbocycles. The van der Waals surface area contributed by atoms with E-state index in [2.05, 4.69) is 5.32 Å². The minimum atomic E-state index is -0.575. The first-order valence-corrected chi connectivity index (χ1v) is 10.5. The van der Waals surface area contributed by atoms with E-state index in [0.717, 1.165) is 16.7 Å². The smallest absolute Gasteiger partial charge is 0.331 e. The van der Waals surface area contributed by atoms with Crippen molar-refractivity contribution in [3.05, 3.63) is 95.6 Å². The second kappa shape index (κ2) is 9.96. The van der Waals surface area contributed by atoms with Crippen molar-refractivity contribution >= 4 is 29.5 Å². The Balaban J connectivity index is 1.89. The maximum absolute atomic E-state index is 13.1. The van der Waals surface area contributed by atoms with Crippen LogP contribution in [0.25, 0.3) is 17.2 Å². The summed E-state index contributed by atoms with van der Waals surface area (Å²) in [6.45, 7) is 5.44. The highest BCUT2D eigenvalue weighted by Gasteiger charge is 2.16. The van der Waals surface area contributed by atoms with E-state index in [1.165, 1.54) is 6.08 Å². The molecule has 1 amide bonds. The zero-order valence-corrected chi connectivity index (χ0v) is 18.9. The molecule has 0 bridgehead atoms. The van der Waals surface area contributed by atoms with E-state index >= 15 is 0 Å². The molecule has 0 heterocycles. The topological polar surface area (TPSA) is 105 Å². The fraction of sp³-hybridized carbons (Fsp3) is 0.148. The van der Waals surface area contributed by atoms with Crippen molar-refractivity contribution in [3.63, 3.8) is 0 Å². The first kappa shape index (κ1) is 23.5. The standard InChI is InChI=1S/C27H27N3O3/c1-27(2,3)33-24(31)17-14-18-8-4-5-9-21(18)22-10-6-7-11-23(22)26(32)30-20-15-12-19(13-16-20)25(28)29/h4-17H,1-3H3,(H3,28,29)(H,30,32)/b17-14+. The number of rotatable bonds is 6. The van der Waals surface area contributed by atoms with Gasteiger partial charge in [0.2, 0.25) is 0 Å². The average Bonchev–Trinajstić information content (AvgIpc) is 2.77. The van der Waals surface area contributed by atoms with Crippen LogP contribution < -0.4 is 11.1 Å². The zero-order valence-electron chi connectivity index (χ0n) is 18.9. The van der Waals surface area contributed by atoms with Crippen molar-refractivity contribution < 1.29 is 14.3 Å². The molecule has 33 heavy (non-hydrogen) atoms. The molecule has 0 saturated carbocycles. The summed E-state index contributed by atoms with van der Waals surface area (Å²) in [5.41, 5.74) is 8.92. The highest BCUT2D eigenvalue weighted by molar-refractivity contribution is 6.09. The van der Waals surface area contributed by atoms with Crippen LogP contribution in [0.2, 0.25) is 0 Å². The number of carbonyl (C=O) groups is 2. The van der Waals surface area contributed by atoms with Crippen LogP contribution in [-0.4, -0.2) is 23.3 Å². The van der Waals surface area contributed by atoms with Crippen molar-refractivity contribution in [3.8, 4) is 11.1 Å². The Morgan fingerprint density at radius 3 is 2.15 bits per heavy atom. The van der Waals surface area contributed by atoms with E-state index in [1.54, 1.807) is 42.5 Å². The molecule has 3 rings (SSSR count). The van der Waals surface area contributed by atoms with Crippen LogP contribution in [0, 0.1) is 5.41 Å². The number of amides is 1. The van der Waals surface area contributed by atoms with Crippen LogP contribution in [0.1, 0.15) is 42.3 Å². The van der Waals surface area contributed by atoms with Crippen molar-refractivity contribution in [2.75, 3.05) is 5.32 Å². The predicted molar refractivity (Wildman–Crippen MR) is 132 cm³/mol. The van der Waals surface area contributed by atoms with Gasteiger partial charge in [0.15, 0.2) is 0 Å². The van der Waals surface area contributed by atoms with Crippen LogP contribution in [0.4, 0.5) is 5.69 Å². The molecule has 6 nitrogen and oxygen atoms in total. The molecule has 0 radical (unpaired) electrons. The lowest BCUT2D eigenvalue weighted by molar-refractivity contribution is -0.148. The lowest BCUT2D eigenvalue weighted by Crippen LogP contribution is -2.22. The van der Waals surface area contributed by atoms with Gasteiger partial charge in [0.05, 0.1) is 0 Å². The van der Waals surface area contributed by atoms with E-state index < -0.39 is 11.6 Å². The maximum Gasteiger partial charge on any atom is 0.331 e. The Kier molecular flexibility index (Phi) is 7.08. The third kappa shape index (κ3) is 6.40. The quantitative estimate of drug-likeness (QED) is 0.210. The molecule has 0 fully saturated rings. The van der Waals surface area contributed by atoms with Gasteiger partial charge < -0.3 is 15.8 Å². The lowest BCUT2D eigenvalue weighted by Gasteiger charge is -2.18. The molecule has 0 aromatic heterocycles. The minimum absolute atomic E-state index is 0.0331. The Morgan fingerprint density at radius 2 is 1.52 bits per heavy atom. The predicted octanol–water partition coefficient (Wildman–Crippen LogP) is 5.24. The number of amidine groups is 1. The van der Waals surface area contributed by atoms with Gasteiger partial charge in [-0.05, 0) is 73.9 Å². The van der Waals surface area contributed by atoms with E-state index in [4.69, 9.17) is 15.9 Å². The molecule has 0 atom stereocenters. The monoisotopic (exact) mass is 441 g/mol. The van der Waals surface area contributed by atoms with Crippen molar-refractivity contribution in [2.24, 2.45) is 5.73 Å². The number of hydrogen-bond donors (Lipinski definition) is 3. The van der Waals surface area contributed by atoms with Crippen LogP contribution in [0.15, 0.2) is 78.9 Å². The van der Waals surface area contributed by atoms with Crippen molar-refractivity contribution in [1.82, 2.24) is 0 Å². The fourth-order valence-electron chi connectivity index (χ4n) is 3.23. The summed E-state index contributed by atoms with van der Waals surface area (Å²) in [4.78, 5) is 25.2. The van der Waals surface area contributed by atoms with Gasteiger partial charge in [-0.25, -0.2) is 4.79 Å². The number of benzene rings is 3. The summed E-state index contributed by atoms with van der Waals surface area (Å²) in [6, 6.07) is 21.6. The van der Waals surface area contributed by atoms with Gasteiger partial charge in [0.1, 0.15) is 11.4 Å². The van der Waals surface area contributed by atoms with Crippen LogP contribution >= 0.6 is 0 Å². The lowest BCUT2D eigenvalue weighted by atomic mass is 9.94. The highest BCUT2D eigenvalue weighted by Crippen LogP contribution is 2.29. The van der Waals surface area contributed by atoms with Crippen LogP contribution in [-0.2, 0) is 9.53 Å². The minimum Gasteiger partial charge on any atom is -0.457 e. The van der Waals surface area contributed by atoms with Gasteiger partial charge in [-0.1, -0.05) is 42.5 Å². The molecule has 0 aliphatic heterocycles. The summed E-state index contributed by atoms with van der Waals surface area (Å²) in [5.74, 6) is -0.737. The van der Waals surface area contributed by atoms with Gasteiger partial charge >= 0.3 is 5.97 Å². The van der Waals surface area contributed by atoms with E-state index in [-0.39, 0.29) is 11.7 Å². The molecule has 0 saturated heterocycles. The van der Waals surface area contributed by atoms with Crippen molar-refractivity contribution in [2.45, 2.75) is 26.4 Å². The number of esters is 1. The molecular formula is C27H27N3O3. The summed E-state index contributed by atoms with van der Waals surface area (Å²) in [7, 11) is 0. The number of nitrogens with two attached hydrogens (primary N) is 1. The number of ether oxygens (including phenoxy) is 1. The van der Waals surface area contributed by atoms with Crippen LogP contribution in [0.5, 0.6) is 0 Å². The third-order valence-electron chi connectivity index (χ3n) is 4.68. The summed E-state index contributed by atoms with van der Waals surface area (Å²) < 4.78 is 5.35. The largest absolute Gasteiger partial charge is 0.457 e. The molecule has 3 aromatic rings. The maximum atomic E-state index is 13.1. The Labute approximate surface area is 193 Å². The van der Waals surface area contributed by atoms with Crippen molar-refractivity contribution in [1.29, 1.82) is 5.41 Å². The number of anilines is 1. The van der Waals surface area contributed by atoms with Crippen LogP contribution in [0.3, 0.4) is 0 Å². The molecule has 0 aliphatic rings. The summed E-state index contributed by atoms with van der Waals surface area (Å²) >= 11 is 0. The summed E-state index contributed by atoms with van der Waals surface area (Å²) in [5, 5.41) is 10.4. The summed E-state index contributed by atoms with van der Waals surface area (Å²) in [6.07, 6.45) is 3.09. The van der Waals surface area contributed by atoms with E-state index in [1.807, 2.05) is 57.2 Å². The molecule has 0 spiro atoms. The van der Waals surface area contributed by atoms with Gasteiger partial charge in [-0.3, -0.25) is 10.2 Å². The zero-order chi connectivity index (χ0) is 24.0. The molecule has 0 unspecified atom stereocenters. The number of hydrogen-bond acceptors (Lipinski definition) is 4. The average molecular weight is 442 g/mol. The number of carbonyl (C=O) groups excluding carboxylic acids is 2. The SMILES string of the molecule is CC(C)(C)OC(=O)/C=C/c1ccccc1-c1ccccc1C(=O)Nc1ccc(C(=N)N)cc1. The normalized spacial score (nSPS) is 11.2. The molecule has 3 aromatic carbocycles. The second-order valence-electron chi connectivity index (χ2n) is 8.44. The molecule has 168 valence electrons. The Morgan fingerprint density at radius 1 is 0.909 bits per heavy atom. The van der Waals surface area contributed by atoms with E-state index in [0.29, 0.717) is 16.8 Å². The highest BCUT2D eigenvalue weighted by atomic mass is 16.6. The van der Waals surface area contributed by atoms with E-state index in [9.17, 15) is 9.59 Å². The first-order valence-electron chi connectivity index (χ1n) is 10.5. The molecule has 4 N–H and O–H groups in total. The van der Waals surface area contributed by atoms with Gasteiger partial charge in [0, 0.05) is 22.9 Å². The fourth-order valence-corrected chi connectivity index (χ4v) is 3.23. The second-order valence-corrected chi connectivity index (χ2v) is 8.44. The van der Waals surface area contributed by atoms with Gasteiger partial charge in [0.25, 0.3) is 5.91 Å². The number of nitrogen functional groups attached to an aromatic ring is 1. The third-order valence-corrected chi connectivity index (χ3v) is 4.68. The first-order chi connectivity index (χ1) is 15.6. The Hall–Kier alpha value is -4.19. The Bertz CT molecular complexity index is 1210. The van der Waals surface area contributed by atoms with Gasteiger partial charge in [-0.15, -0.1) is 0 Å². The van der Waals surface area contributed by atoms with Gasteiger partial charge in [-0.2, -0.15) is 0 Å². The molecular weight excluding hydrogens is 414 g/mol.